The maximum atomic E-state index is 11.9. The lowest BCUT2D eigenvalue weighted by Crippen LogP contribution is -2.32. The Morgan fingerprint density at radius 3 is 2.81 bits per heavy atom. The Labute approximate surface area is 94.9 Å². The first-order valence-corrected chi connectivity index (χ1v) is 5.13. The number of esters is 1. The number of allylic oxidation sites excluding steroid dienone is 1. The summed E-state index contributed by atoms with van der Waals surface area (Å²) in [6.45, 7) is 3.87. The smallest absolute Gasteiger partial charge is 0.341 e. The molecule has 1 atom stereocenters. The van der Waals surface area contributed by atoms with Crippen molar-refractivity contribution in [1.29, 1.82) is 5.26 Å². The van der Waals surface area contributed by atoms with Gasteiger partial charge in [0.25, 0.3) is 0 Å². The van der Waals surface area contributed by atoms with E-state index in [0.717, 1.165) is 0 Å². The third kappa shape index (κ3) is 2.48. The Kier molecular flexibility index (Phi) is 3.48. The summed E-state index contributed by atoms with van der Waals surface area (Å²) in [5.74, 6) is -1.27. The van der Waals surface area contributed by atoms with Gasteiger partial charge in [-0.1, -0.05) is 19.9 Å². The normalized spacial score (nSPS) is 23.2. The zero-order valence-corrected chi connectivity index (χ0v) is 9.74. The van der Waals surface area contributed by atoms with Crippen LogP contribution in [0.25, 0.3) is 0 Å². The fourth-order valence-electron chi connectivity index (χ4n) is 2.01. The molecular weight excluding hydrogens is 206 g/mol. The minimum atomic E-state index is -0.610. The van der Waals surface area contributed by atoms with E-state index < -0.39 is 5.97 Å². The molecule has 0 spiro atoms. The Hall–Kier alpha value is -1.63. The molecule has 0 aliphatic heterocycles. The van der Waals surface area contributed by atoms with Crippen LogP contribution in [0.5, 0.6) is 0 Å². The summed E-state index contributed by atoms with van der Waals surface area (Å²) in [6, 6.07) is 1.98. The fourth-order valence-corrected chi connectivity index (χ4v) is 2.01. The van der Waals surface area contributed by atoms with Crippen molar-refractivity contribution in [2.75, 3.05) is 7.11 Å². The molecule has 0 saturated heterocycles. The highest BCUT2D eigenvalue weighted by Gasteiger charge is 2.37. The summed E-state index contributed by atoms with van der Waals surface area (Å²) in [5.41, 5.74) is -0.169. The highest BCUT2D eigenvalue weighted by molar-refractivity contribution is 6.18. The molecule has 0 N–H and O–H groups in total. The van der Waals surface area contributed by atoms with Crippen LogP contribution in [0.4, 0.5) is 0 Å². The average molecular weight is 221 g/mol. The lowest BCUT2D eigenvalue weighted by atomic mass is 9.72. The van der Waals surface area contributed by atoms with Crippen LogP contribution in [0.1, 0.15) is 26.7 Å². The maximum absolute atomic E-state index is 11.9. The number of carbonyl (C=O) groups excluding carboxylic acids is 2. The second-order valence-electron chi connectivity index (χ2n) is 4.67. The molecule has 1 rings (SSSR count). The van der Waals surface area contributed by atoms with Gasteiger partial charge in [0.1, 0.15) is 0 Å². The Morgan fingerprint density at radius 2 is 2.31 bits per heavy atom. The summed E-state index contributed by atoms with van der Waals surface area (Å²) in [7, 11) is 1.25. The van der Waals surface area contributed by atoms with Crippen molar-refractivity contribution in [3.8, 4) is 6.07 Å². The van der Waals surface area contributed by atoms with Crippen LogP contribution in [0.15, 0.2) is 11.6 Å². The molecule has 1 unspecified atom stereocenters. The molecule has 1 aliphatic carbocycles. The first-order valence-electron chi connectivity index (χ1n) is 5.13. The molecule has 1 aliphatic rings. The molecule has 4 nitrogen and oxygen atoms in total. The highest BCUT2D eigenvalue weighted by atomic mass is 16.5. The van der Waals surface area contributed by atoms with Gasteiger partial charge in [0.15, 0.2) is 5.78 Å². The molecule has 0 aromatic heterocycles. The van der Waals surface area contributed by atoms with Crippen molar-refractivity contribution in [2.45, 2.75) is 26.7 Å². The van der Waals surface area contributed by atoms with E-state index in [0.29, 0.717) is 6.42 Å². The minimum absolute atomic E-state index is 0.0824. The molecule has 0 bridgehead atoms. The number of nitriles is 1. The van der Waals surface area contributed by atoms with Crippen molar-refractivity contribution in [1.82, 2.24) is 0 Å². The van der Waals surface area contributed by atoms with E-state index in [1.54, 1.807) is 6.08 Å². The van der Waals surface area contributed by atoms with E-state index >= 15 is 0 Å². The number of hydrogen-bond acceptors (Lipinski definition) is 4. The van der Waals surface area contributed by atoms with Gasteiger partial charge < -0.3 is 4.74 Å². The molecule has 86 valence electrons. The number of methoxy groups -OCH3 is 1. The minimum Gasteiger partial charge on any atom is -0.465 e. The molecule has 16 heavy (non-hydrogen) atoms. The lowest BCUT2D eigenvalue weighted by molar-refractivity contribution is -0.139. The highest BCUT2D eigenvalue weighted by Crippen LogP contribution is 2.36. The molecular formula is C12H15NO3. The average Bonchev–Trinajstić information content (AvgIpc) is 2.22. The van der Waals surface area contributed by atoms with Crippen LogP contribution < -0.4 is 0 Å². The topological polar surface area (TPSA) is 67.2 Å². The number of nitrogens with zero attached hydrogens (tertiary/aromatic N) is 1. The third-order valence-corrected chi connectivity index (χ3v) is 2.69. The van der Waals surface area contributed by atoms with E-state index in [4.69, 9.17) is 5.26 Å². The van der Waals surface area contributed by atoms with E-state index in [1.807, 2.05) is 19.9 Å². The molecule has 0 radical (unpaired) electrons. The van der Waals surface area contributed by atoms with Crippen LogP contribution in [-0.4, -0.2) is 18.9 Å². The van der Waals surface area contributed by atoms with E-state index in [9.17, 15) is 9.59 Å². The first-order chi connectivity index (χ1) is 7.41. The van der Waals surface area contributed by atoms with Crippen molar-refractivity contribution >= 4 is 11.8 Å². The van der Waals surface area contributed by atoms with Gasteiger partial charge in [-0.05, 0) is 11.8 Å². The first kappa shape index (κ1) is 12.4. The monoisotopic (exact) mass is 221 g/mol. The summed E-state index contributed by atoms with van der Waals surface area (Å²) in [5, 5.41) is 8.65. The Morgan fingerprint density at radius 1 is 1.69 bits per heavy atom. The summed E-state index contributed by atoms with van der Waals surface area (Å²) in [4.78, 5) is 23.3. The zero-order valence-electron chi connectivity index (χ0n) is 9.74. The molecule has 0 fully saturated rings. The van der Waals surface area contributed by atoms with E-state index in [-0.39, 0.29) is 29.1 Å². The van der Waals surface area contributed by atoms with E-state index in [1.165, 1.54) is 7.11 Å². The van der Waals surface area contributed by atoms with Gasteiger partial charge >= 0.3 is 5.97 Å². The van der Waals surface area contributed by atoms with Crippen molar-refractivity contribution in [3.63, 3.8) is 0 Å². The summed E-state index contributed by atoms with van der Waals surface area (Å²) < 4.78 is 4.57. The fraction of sp³-hybridized carbons (Fsp3) is 0.583. The number of rotatable bonds is 2. The van der Waals surface area contributed by atoms with Gasteiger partial charge in [0, 0.05) is 12.3 Å². The summed E-state index contributed by atoms with van der Waals surface area (Å²) >= 11 is 0. The predicted molar refractivity (Wildman–Crippen MR) is 57.2 cm³/mol. The van der Waals surface area contributed by atoms with Crippen LogP contribution in [-0.2, 0) is 14.3 Å². The quantitative estimate of drug-likeness (QED) is 0.525. The van der Waals surface area contributed by atoms with Crippen molar-refractivity contribution in [3.05, 3.63) is 11.6 Å². The number of hydrogen-bond donors (Lipinski definition) is 0. The largest absolute Gasteiger partial charge is 0.465 e. The second-order valence-corrected chi connectivity index (χ2v) is 4.67. The molecule has 0 aromatic carbocycles. The molecule has 0 aromatic rings. The van der Waals surface area contributed by atoms with Crippen LogP contribution >= 0.6 is 0 Å². The number of ketones is 1. The predicted octanol–water partition coefficient (Wildman–Crippen LogP) is 1.61. The van der Waals surface area contributed by atoms with Crippen LogP contribution in [0.3, 0.4) is 0 Å². The van der Waals surface area contributed by atoms with Gasteiger partial charge in [0.2, 0.25) is 0 Å². The van der Waals surface area contributed by atoms with E-state index in [2.05, 4.69) is 4.74 Å². The Bertz CT molecular complexity index is 388. The third-order valence-electron chi connectivity index (χ3n) is 2.69. The van der Waals surface area contributed by atoms with Crippen molar-refractivity contribution in [2.24, 2.45) is 11.3 Å². The molecule has 0 saturated carbocycles. The van der Waals surface area contributed by atoms with Crippen LogP contribution in [0.2, 0.25) is 0 Å². The van der Waals surface area contributed by atoms with Crippen LogP contribution in [0, 0.1) is 22.7 Å². The van der Waals surface area contributed by atoms with Gasteiger partial charge in [-0.3, -0.25) is 4.79 Å². The summed E-state index contributed by atoms with van der Waals surface area (Å²) in [6.07, 6.45) is 2.39. The zero-order chi connectivity index (χ0) is 12.3. The lowest BCUT2D eigenvalue weighted by Gasteiger charge is -2.30. The van der Waals surface area contributed by atoms with Crippen molar-refractivity contribution < 1.29 is 14.3 Å². The standard InChI is InChI=1S/C12H15NO3/c1-12(2)6-8(4-5-13)10(14)9(7-12)11(15)16-3/h7-8H,4,6H2,1-3H3. The van der Waals surface area contributed by atoms with Gasteiger partial charge in [-0.25, -0.2) is 4.79 Å². The Balaban J connectivity index is 3.07. The maximum Gasteiger partial charge on any atom is 0.341 e. The molecule has 0 amide bonds. The van der Waals surface area contributed by atoms with Gasteiger partial charge in [0.05, 0.1) is 18.8 Å². The number of ether oxygens (including phenoxy) is 1. The number of carbonyl (C=O) groups is 2. The SMILES string of the molecule is COC(=O)C1=CC(C)(C)CC(CC#N)C1=O. The number of Topliss-reactive ketones (excluding diaryl/α,β-unsaturated/α-hetero) is 1. The van der Waals surface area contributed by atoms with Gasteiger partial charge in [-0.15, -0.1) is 0 Å². The second kappa shape index (κ2) is 4.48. The molecule has 4 heteroatoms. The molecule has 0 heterocycles. The van der Waals surface area contributed by atoms with Gasteiger partial charge in [-0.2, -0.15) is 5.26 Å².